The lowest BCUT2D eigenvalue weighted by Gasteiger charge is -2.58. The van der Waals surface area contributed by atoms with Gasteiger partial charge in [0.15, 0.2) is 5.78 Å². The second kappa shape index (κ2) is 4.91. The number of aliphatic hydroxyl groups is 2. The zero-order chi connectivity index (χ0) is 15.5. The highest BCUT2D eigenvalue weighted by Crippen LogP contribution is 2.65. The summed E-state index contributed by atoms with van der Waals surface area (Å²) >= 11 is 0. The normalized spacial score (nSPS) is 50.9. The molecule has 0 aromatic heterocycles. The summed E-state index contributed by atoms with van der Waals surface area (Å²) in [5.41, 5.74) is 1.34. The molecule has 22 heavy (non-hydrogen) atoms. The fourth-order valence-electron chi connectivity index (χ4n) is 6.64. The van der Waals surface area contributed by atoms with Crippen molar-refractivity contribution >= 4 is 5.78 Å². The lowest BCUT2D eigenvalue weighted by Crippen LogP contribution is -2.53. The Bertz CT molecular complexity index is 525. The first-order chi connectivity index (χ1) is 10.5. The zero-order valence-electron chi connectivity index (χ0n) is 13.6. The van der Waals surface area contributed by atoms with Crippen molar-refractivity contribution in [3.05, 3.63) is 11.6 Å². The number of hydrogen-bond donors (Lipinski definition) is 2. The quantitative estimate of drug-likeness (QED) is 0.783. The standard InChI is InChI=1S/C19H28O3/c1-18-8-6-13(21)10-12(18)2-3-14-15(18)7-9-19(11-20)16(14)4-5-17(19)22/h10,14-17,20,22H,2-9,11H2,1H3/t14-,15+,16+,17-,18+,19-/m1/s1. The molecule has 0 amide bonds. The summed E-state index contributed by atoms with van der Waals surface area (Å²) in [5, 5.41) is 20.5. The van der Waals surface area contributed by atoms with Gasteiger partial charge in [-0.25, -0.2) is 0 Å². The van der Waals surface area contributed by atoms with E-state index in [-0.39, 0.29) is 23.5 Å². The van der Waals surface area contributed by atoms with Crippen LogP contribution < -0.4 is 0 Å². The van der Waals surface area contributed by atoms with Gasteiger partial charge >= 0.3 is 0 Å². The Kier molecular flexibility index (Phi) is 3.32. The largest absolute Gasteiger partial charge is 0.396 e. The Morgan fingerprint density at radius 2 is 1.95 bits per heavy atom. The molecule has 0 heterocycles. The van der Waals surface area contributed by atoms with E-state index in [1.165, 1.54) is 5.57 Å². The van der Waals surface area contributed by atoms with Gasteiger partial charge < -0.3 is 10.2 Å². The fraction of sp³-hybridized carbons (Fsp3) is 0.842. The van der Waals surface area contributed by atoms with Crippen LogP contribution in [0.1, 0.15) is 58.3 Å². The average Bonchev–Trinajstić information content (AvgIpc) is 2.86. The summed E-state index contributed by atoms with van der Waals surface area (Å²) in [6, 6.07) is 0. The topological polar surface area (TPSA) is 57.5 Å². The van der Waals surface area contributed by atoms with Gasteiger partial charge in [0.1, 0.15) is 0 Å². The molecule has 0 aliphatic heterocycles. The molecule has 3 saturated carbocycles. The van der Waals surface area contributed by atoms with Gasteiger partial charge in [-0.15, -0.1) is 0 Å². The van der Waals surface area contributed by atoms with Gasteiger partial charge in [0.2, 0.25) is 0 Å². The molecule has 0 spiro atoms. The molecule has 0 saturated heterocycles. The molecule has 3 fully saturated rings. The van der Waals surface area contributed by atoms with Crippen LogP contribution in [0.25, 0.3) is 0 Å². The summed E-state index contributed by atoms with van der Waals surface area (Å²) in [4.78, 5) is 11.8. The highest BCUT2D eigenvalue weighted by molar-refractivity contribution is 5.91. The van der Waals surface area contributed by atoms with Crippen LogP contribution in [-0.4, -0.2) is 28.7 Å². The van der Waals surface area contributed by atoms with Gasteiger partial charge in [0.25, 0.3) is 0 Å². The summed E-state index contributed by atoms with van der Waals surface area (Å²) in [5.74, 6) is 2.04. The van der Waals surface area contributed by atoms with Crippen LogP contribution in [0.4, 0.5) is 0 Å². The maximum absolute atomic E-state index is 11.8. The van der Waals surface area contributed by atoms with Gasteiger partial charge in [-0.3, -0.25) is 4.79 Å². The molecular weight excluding hydrogens is 276 g/mol. The first-order valence-electron chi connectivity index (χ1n) is 9.04. The highest BCUT2D eigenvalue weighted by atomic mass is 16.3. The Labute approximate surface area is 132 Å². The number of carbonyl (C=O) groups is 1. The molecule has 4 aliphatic rings. The van der Waals surface area contributed by atoms with E-state index in [1.807, 2.05) is 6.08 Å². The second-order valence-electron chi connectivity index (χ2n) is 8.49. The van der Waals surface area contributed by atoms with Crippen molar-refractivity contribution < 1.29 is 15.0 Å². The van der Waals surface area contributed by atoms with Crippen LogP contribution in [0.2, 0.25) is 0 Å². The minimum atomic E-state index is -0.318. The van der Waals surface area contributed by atoms with E-state index >= 15 is 0 Å². The number of fused-ring (bicyclic) bond motifs is 5. The van der Waals surface area contributed by atoms with Crippen LogP contribution >= 0.6 is 0 Å². The van der Waals surface area contributed by atoms with E-state index in [1.54, 1.807) is 0 Å². The fourth-order valence-corrected chi connectivity index (χ4v) is 6.64. The number of carbonyl (C=O) groups excluding carboxylic acids is 1. The van der Waals surface area contributed by atoms with Crippen LogP contribution in [0.15, 0.2) is 11.6 Å². The van der Waals surface area contributed by atoms with Crippen molar-refractivity contribution in [2.45, 2.75) is 64.4 Å². The zero-order valence-corrected chi connectivity index (χ0v) is 13.6. The average molecular weight is 304 g/mol. The monoisotopic (exact) mass is 304 g/mol. The van der Waals surface area contributed by atoms with Gasteiger partial charge in [0, 0.05) is 11.8 Å². The molecular formula is C19H28O3. The molecule has 0 radical (unpaired) electrons. The maximum atomic E-state index is 11.8. The third-order valence-corrected chi connectivity index (χ3v) is 7.93. The summed E-state index contributed by atoms with van der Waals surface area (Å²) in [7, 11) is 0. The first-order valence-corrected chi connectivity index (χ1v) is 9.04. The summed E-state index contributed by atoms with van der Waals surface area (Å²) in [6.45, 7) is 2.51. The Balaban J connectivity index is 1.69. The molecule has 6 atom stereocenters. The highest BCUT2D eigenvalue weighted by Gasteiger charge is 2.60. The smallest absolute Gasteiger partial charge is 0.155 e. The molecule has 0 aromatic rings. The number of hydrogen-bond acceptors (Lipinski definition) is 3. The molecule has 122 valence electrons. The van der Waals surface area contributed by atoms with Crippen molar-refractivity contribution in [2.75, 3.05) is 6.61 Å². The molecule has 0 bridgehead atoms. The SMILES string of the molecule is C[C@]12CCC(=O)C=C1CC[C@H]1[C@@H]3CC[C@@H](O)[C@@]3(CO)CC[C@@H]12. The van der Waals surface area contributed by atoms with Gasteiger partial charge in [-0.05, 0) is 74.2 Å². The molecule has 0 unspecified atom stereocenters. The molecule has 2 N–H and O–H groups in total. The minimum absolute atomic E-state index is 0.139. The third kappa shape index (κ3) is 1.78. The van der Waals surface area contributed by atoms with Crippen LogP contribution in [0, 0.1) is 28.6 Å². The first kappa shape index (κ1) is 14.9. The van der Waals surface area contributed by atoms with Crippen molar-refractivity contribution in [3.8, 4) is 0 Å². The third-order valence-electron chi connectivity index (χ3n) is 7.93. The van der Waals surface area contributed by atoms with Crippen LogP contribution in [0.3, 0.4) is 0 Å². The van der Waals surface area contributed by atoms with Gasteiger partial charge in [0.05, 0.1) is 12.7 Å². The number of aliphatic hydroxyl groups excluding tert-OH is 2. The molecule has 4 aliphatic carbocycles. The molecule has 4 rings (SSSR count). The van der Waals surface area contributed by atoms with Crippen molar-refractivity contribution in [1.29, 1.82) is 0 Å². The molecule has 0 aromatic carbocycles. The van der Waals surface area contributed by atoms with Crippen molar-refractivity contribution in [3.63, 3.8) is 0 Å². The molecule has 3 heteroatoms. The number of rotatable bonds is 1. The van der Waals surface area contributed by atoms with Gasteiger partial charge in [-0.2, -0.15) is 0 Å². The Morgan fingerprint density at radius 1 is 1.14 bits per heavy atom. The van der Waals surface area contributed by atoms with Crippen LogP contribution in [0.5, 0.6) is 0 Å². The Morgan fingerprint density at radius 3 is 2.73 bits per heavy atom. The van der Waals surface area contributed by atoms with E-state index in [4.69, 9.17) is 0 Å². The van der Waals surface area contributed by atoms with Crippen molar-refractivity contribution in [2.24, 2.45) is 28.6 Å². The summed E-state index contributed by atoms with van der Waals surface area (Å²) in [6.07, 6.45) is 9.47. The van der Waals surface area contributed by atoms with E-state index in [0.29, 0.717) is 30.0 Å². The minimum Gasteiger partial charge on any atom is -0.396 e. The van der Waals surface area contributed by atoms with E-state index in [9.17, 15) is 15.0 Å². The van der Waals surface area contributed by atoms with E-state index < -0.39 is 0 Å². The summed E-state index contributed by atoms with van der Waals surface area (Å²) < 4.78 is 0. The lowest BCUT2D eigenvalue weighted by molar-refractivity contribution is -0.120. The van der Waals surface area contributed by atoms with Crippen molar-refractivity contribution in [1.82, 2.24) is 0 Å². The second-order valence-corrected chi connectivity index (χ2v) is 8.49. The van der Waals surface area contributed by atoms with E-state index in [2.05, 4.69) is 6.92 Å². The van der Waals surface area contributed by atoms with Gasteiger partial charge in [-0.1, -0.05) is 12.5 Å². The van der Waals surface area contributed by atoms with Crippen LogP contribution in [-0.2, 0) is 4.79 Å². The predicted molar refractivity (Wildman–Crippen MR) is 84.1 cm³/mol. The Hall–Kier alpha value is -0.670. The molecule has 3 nitrogen and oxygen atoms in total. The number of allylic oxidation sites excluding steroid dienone is 1. The maximum Gasteiger partial charge on any atom is 0.155 e. The number of ketones is 1. The lowest BCUT2D eigenvalue weighted by atomic mass is 9.47. The van der Waals surface area contributed by atoms with E-state index in [0.717, 1.165) is 44.9 Å². The predicted octanol–water partition coefficient (Wildman–Crippen LogP) is 2.85.